The van der Waals surface area contributed by atoms with E-state index in [2.05, 4.69) is 35.9 Å². The Hall–Kier alpha value is -2.04. The lowest BCUT2D eigenvalue weighted by molar-refractivity contribution is -0.121. The van der Waals surface area contributed by atoms with Crippen LogP contribution in [0, 0.1) is 13.8 Å². The van der Waals surface area contributed by atoms with Crippen LogP contribution in [-0.2, 0) is 17.8 Å². The van der Waals surface area contributed by atoms with Crippen molar-refractivity contribution in [3.8, 4) is 0 Å². The molecule has 0 aliphatic carbocycles. The van der Waals surface area contributed by atoms with Crippen molar-refractivity contribution >= 4 is 40.1 Å². The van der Waals surface area contributed by atoms with E-state index >= 15 is 0 Å². The highest BCUT2D eigenvalue weighted by Gasteiger charge is 2.15. The van der Waals surface area contributed by atoms with Crippen molar-refractivity contribution in [3.63, 3.8) is 0 Å². The smallest absolute Gasteiger partial charge is 0.221 e. The second kappa shape index (κ2) is 8.54. The highest BCUT2D eigenvalue weighted by molar-refractivity contribution is 6.35. The third kappa shape index (κ3) is 4.68. The quantitative estimate of drug-likeness (QED) is 0.578. The van der Waals surface area contributed by atoms with E-state index < -0.39 is 0 Å². The zero-order chi connectivity index (χ0) is 20.4. The first-order valence-electron chi connectivity index (χ1n) is 9.44. The van der Waals surface area contributed by atoms with E-state index in [9.17, 15) is 4.79 Å². The number of halogens is 2. The average Bonchev–Trinajstić information content (AvgIpc) is 2.91. The van der Waals surface area contributed by atoms with Crippen molar-refractivity contribution in [1.82, 2.24) is 14.9 Å². The number of fused-ring (bicyclic) bond motifs is 1. The summed E-state index contributed by atoms with van der Waals surface area (Å²) < 4.78 is 2.13. The molecule has 0 spiro atoms. The van der Waals surface area contributed by atoms with Gasteiger partial charge in [0.25, 0.3) is 0 Å². The fraction of sp³-hybridized carbons (Fsp3) is 0.364. The van der Waals surface area contributed by atoms with Gasteiger partial charge in [0, 0.05) is 35.5 Å². The SMILES string of the molecule is Cc1cc2nc(Cc3ccc(Cl)cc3Cl)n(CCC(=O)NC(C)C)c2cc1C. The van der Waals surface area contributed by atoms with Crippen molar-refractivity contribution in [2.24, 2.45) is 0 Å². The van der Waals surface area contributed by atoms with Gasteiger partial charge in [0.2, 0.25) is 5.91 Å². The van der Waals surface area contributed by atoms with Gasteiger partial charge in [-0.25, -0.2) is 4.98 Å². The number of aromatic nitrogens is 2. The molecule has 0 aliphatic heterocycles. The van der Waals surface area contributed by atoms with Crippen LogP contribution >= 0.6 is 23.2 Å². The molecule has 0 radical (unpaired) electrons. The van der Waals surface area contributed by atoms with Crippen LogP contribution in [0.2, 0.25) is 10.0 Å². The second-order valence-electron chi connectivity index (χ2n) is 7.49. The van der Waals surface area contributed by atoms with Gasteiger partial charge in [0.05, 0.1) is 11.0 Å². The standard InChI is InChI=1S/C22H25Cl2N3O/c1-13(2)25-22(28)7-8-27-20-10-15(4)14(3)9-19(20)26-21(27)11-16-5-6-17(23)12-18(16)24/h5-6,9-10,12-13H,7-8,11H2,1-4H3,(H,25,28). The van der Waals surface area contributed by atoms with Gasteiger partial charge < -0.3 is 9.88 Å². The average molecular weight is 418 g/mol. The molecule has 1 amide bonds. The number of amides is 1. The molecule has 3 aromatic rings. The Balaban J connectivity index is 1.98. The lowest BCUT2D eigenvalue weighted by Crippen LogP contribution is -2.30. The normalized spacial score (nSPS) is 11.4. The van der Waals surface area contributed by atoms with Crippen molar-refractivity contribution in [3.05, 3.63) is 62.9 Å². The Morgan fingerprint density at radius 1 is 1.14 bits per heavy atom. The largest absolute Gasteiger partial charge is 0.354 e. The van der Waals surface area contributed by atoms with Crippen molar-refractivity contribution in [2.75, 3.05) is 0 Å². The molecule has 28 heavy (non-hydrogen) atoms. The Morgan fingerprint density at radius 3 is 2.54 bits per heavy atom. The number of imidazole rings is 1. The molecule has 148 valence electrons. The van der Waals surface area contributed by atoms with Crippen molar-refractivity contribution in [1.29, 1.82) is 0 Å². The van der Waals surface area contributed by atoms with Gasteiger partial charge in [-0.3, -0.25) is 4.79 Å². The molecule has 0 aliphatic rings. The minimum atomic E-state index is 0.0381. The van der Waals surface area contributed by atoms with Crippen LogP contribution in [0.15, 0.2) is 30.3 Å². The number of benzene rings is 2. The summed E-state index contributed by atoms with van der Waals surface area (Å²) in [5.74, 6) is 0.928. The predicted molar refractivity (Wildman–Crippen MR) is 116 cm³/mol. The maximum atomic E-state index is 12.2. The zero-order valence-corrected chi connectivity index (χ0v) is 18.2. The fourth-order valence-corrected chi connectivity index (χ4v) is 3.73. The third-order valence-electron chi connectivity index (χ3n) is 4.82. The molecule has 0 fully saturated rings. The molecule has 0 saturated carbocycles. The van der Waals surface area contributed by atoms with Crippen molar-refractivity contribution < 1.29 is 4.79 Å². The maximum absolute atomic E-state index is 12.2. The number of nitrogens with zero attached hydrogens (tertiary/aromatic N) is 2. The molecule has 0 saturated heterocycles. The number of hydrogen-bond donors (Lipinski definition) is 1. The first-order chi connectivity index (χ1) is 13.2. The summed E-state index contributed by atoms with van der Waals surface area (Å²) in [5, 5.41) is 4.18. The van der Waals surface area contributed by atoms with E-state index in [0.717, 1.165) is 22.4 Å². The predicted octanol–water partition coefficient (Wildman–Crippen LogP) is 5.47. The number of carbonyl (C=O) groups excluding carboxylic acids is 1. The van der Waals surface area contributed by atoms with E-state index in [1.807, 2.05) is 26.0 Å². The summed E-state index contributed by atoms with van der Waals surface area (Å²) in [6, 6.07) is 9.88. The van der Waals surface area contributed by atoms with Gasteiger partial charge in [-0.1, -0.05) is 29.3 Å². The molecular formula is C22H25Cl2N3O. The molecule has 4 nitrogen and oxygen atoms in total. The van der Waals surface area contributed by atoms with Gasteiger partial charge >= 0.3 is 0 Å². The fourth-order valence-electron chi connectivity index (χ4n) is 3.26. The summed E-state index contributed by atoms with van der Waals surface area (Å²) in [6.45, 7) is 8.67. The molecule has 1 heterocycles. The Bertz CT molecular complexity index is 1020. The number of rotatable bonds is 6. The number of nitrogens with one attached hydrogen (secondary N) is 1. The van der Waals surface area contributed by atoms with Crippen LogP contribution in [0.4, 0.5) is 0 Å². The number of aryl methyl sites for hydroxylation is 3. The topological polar surface area (TPSA) is 46.9 Å². The van der Waals surface area contributed by atoms with Crippen LogP contribution in [0.1, 0.15) is 42.8 Å². The summed E-state index contributed by atoms with van der Waals surface area (Å²) in [5.41, 5.74) is 5.35. The molecule has 2 aromatic carbocycles. The molecule has 0 unspecified atom stereocenters. The maximum Gasteiger partial charge on any atom is 0.221 e. The number of carbonyl (C=O) groups is 1. The van der Waals surface area contributed by atoms with E-state index in [1.165, 1.54) is 11.1 Å². The van der Waals surface area contributed by atoms with Gasteiger partial charge in [0.15, 0.2) is 0 Å². The lowest BCUT2D eigenvalue weighted by atomic mass is 10.1. The van der Waals surface area contributed by atoms with E-state index in [1.54, 1.807) is 6.07 Å². The minimum Gasteiger partial charge on any atom is -0.354 e. The number of hydrogen-bond acceptors (Lipinski definition) is 2. The zero-order valence-electron chi connectivity index (χ0n) is 16.6. The van der Waals surface area contributed by atoms with Gasteiger partial charge in [-0.05, 0) is 68.7 Å². The third-order valence-corrected chi connectivity index (χ3v) is 5.41. The van der Waals surface area contributed by atoms with E-state index in [0.29, 0.717) is 29.4 Å². The summed E-state index contributed by atoms with van der Waals surface area (Å²) >= 11 is 12.4. The Morgan fingerprint density at radius 2 is 1.86 bits per heavy atom. The van der Waals surface area contributed by atoms with Crippen LogP contribution in [0.3, 0.4) is 0 Å². The summed E-state index contributed by atoms with van der Waals surface area (Å²) in [4.78, 5) is 17.0. The first-order valence-corrected chi connectivity index (χ1v) is 10.2. The van der Waals surface area contributed by atoms with Crippen LogP contribution in [-0.4, -0.2) is 21.5 Å². The first kappa shape index (κ1) is 20.7. The molecule has 1 aromatic heterocycles. The Labute approximate surface area is 175 Å². The summed E-state index contributed by atoms with van der Waals surface area (Å²) in [6.07, 6.45) is 0.979. The lowest BCUT2D eigenvalue weighted by Gasteiger charge is -2.12. The molecule has 6 heteroatoms. The second-order valence-corrected chi connectivity index (χ2v) is 8.33. The van der Waals surface area contributed by atoms with E-state index in [4.69, 9.17) is 28.2 Å². The van der Waals surface area contributed by atoms with Crippen LogP contribution in [0.5, 0.6) is 0 Å². The highest BCUT2D eigenvalue weighted by atomic mass is 35.5. The molecule has 3 rings (SSSR count). The van der Waals surface area contributed by atoms with Gasteiger partial charge in [0.1, 0.15) is 5.82 Å². The molecular weight excluding hydrogens is 393 g/mol. The Kier molecular flexibility index (Phi) is 6.31. The molecule has 0 atom stereocenters. The van der Waals surface area contributed by atoms with Crippen LogP contribution in [0.25, 0.3) is 11.0 Å². The molecule has 1 N–H and O–H groups in total. The van der Waals surface area contributed by atoms with Gasteiger partial charge in [-0.2, -0.15) is 0 Å². The minimum absolute atomic E-state index is 0.0381. The summed E-state index contributed by atoms with van der Waals surface area (Å²) in [7, 11) is 0. The van der Waals surface area contributed by atoms with Crippen molar-refractivity contribution in [2.45, 2.75) is 53.1 Å². The van der Waals surface area contributed by atoms with E-state index in [-0.39, 0.29) is 11.9 Å². The monoisotopic (exact) mass is 417 g/mol. The van der Waals surface area contributed by atoms with Crippen LogP contribution < -0.4 is 5.32 Å². The highest BCUT2D eigenvalue weighted by Crippen LogP contribution is 2.26. The van der Waals surface area contributed by atoms with Gasteiger partial charge in [-0.15, -0.1) is 0 Å². The molecule has 0 bridgehead atoms.